The van der Waals surface area contributed by atoms with Gasteiger partial charge in [0.2, 0.25) is 5.91 Å². The number of primary amides is 1. The summed E-state index contributed by atoms with van der Waals surface area (Å²) < 4.78 is 0. The molecule has 1 unspecified atom stereocenters. The zero-order valence-corrected chi connectivity index (χ0v) is 8.94. The minimum atomic E-state index is -0.825. The van der Waals surface area contributed by atoms with Crippen molar-refractivity contribution in [2.75, 3.05) is 0 Å². The number of urea groups is 1. The fraction of sp³-hybridized carbons (Fsp3) is 0.714. The van der Waals surface area contributed by atoms with Crippen molar-refractivity contribution in [3.05, 3.63) is 0 Å². The fourth-order valence-electron chi connectivity index (χ4n) is 0.578. The topological polar surface area (TPSA) is 72.2 Å². The van der Waals surface area contributed by atoms with Gasteiger partial charge in [0, 0.05) is 0 Å². The molecular weight excluding hydrogens is 224 g/mol. The van der Waals surface area contributed by atoms with Crippen LogP contribution in [0.3, 0.4) is 0 Å². The summed E-state index contributed by atoms with van der Waals surface area (Å²) in [6.07, 6.45) is 0. The lowest BCUT2D eigenvalue weighted by molar-refractivity contribution is -0.120. The first-order chi connectivity index (χ1) is 5.25. The highest BCUT2D eigenvalue weighted by atomic mass is 79.9. The Morgan fingerprint density at radius 3 is 2.08 bits per heavy atom. The maximum atomic E-state index is 11.1. The molecule has 0 rings (SSSR count). The van der Waals surface area contributed by atoms with E-state index in [1.807, 2.05) is 26.1 Å². The lowest BCUT2D eigenvalue weighted by atomic mass is 9.92. The maximum absolute atomic E-state index is 11.1. The molecule has 0 bridgehead atoms. The van der Waals surface area contributed by atoms with Gasteiger partial charge in [-0.1, -0.05) is 36.7 Å². The predicted octanol–water partition coefficient (Wildman–Crippen LogP) is 0.991. The number of amides is 3. The lowest BCUT2D eigenvalue weighted by Gasteiger charge is -2.23. The van der Waals surface area contributed by atoms with Crippen molar-refractivity contribution in [3.63, 3.8) is 0 Å². The van der Waals surface area contributed by atoms with Crippen LogP contribution in [0.25, 0.3) is 0 Å². The van der Waals surface area contributed by atoms with Gasteiger partial charge < -0.3 is 5.73 Å². The summed E-state index contributed by atoms with van der Waals surface area (Å²) in [4.78, 5) is 21.0. The van der Waals surface area contributed by atoms with Crippen LogP contribution in [0.2, 0.25) is 0 Å². The van der Waals surface area contributed by atoms with Gasteiger partial charge in [0.25, 0.3) is 0 Å². The van der Waals surface area contributed by atoms with Crippen LogP contribution in [0.4, 0.5) is 4.79 Å². The molecule has 70 valence electrons. The highest BCUT2D eigenvalue weighted by Crippen LogP contribution is 2.25. The Hall–Kier alpha value is -0.580. The summed E-state index contributed by atoms with van der Waals surface area (Å²) in [5.41, 5.74) is 4.55. The second kappa shape index (κ2) is 3.89. The van der Waals surface area contributed by atoms with Gasteiger partial charge in [0.1, 0.15) is 0 Å². The smallest absolute Gasteiger partial charge is 0.318 e. The summed E-state index contributed by atoms with van der Waals surface area (Å²) in [7, 11) is 0. The molecule has 12 heavy (non-hydrogen) atoms. The molecule has 0 aromatic heterocycles. The van der Waals surface area contributed by atoms with Crippen molar-refractivity contribution in [1.82, 2.24) is 5.32 Å². The molecule has 0 aliphatic carbocycles. The standard InChI is InChI=1S/C7H13BrN2O2/c1-7(2,3)4(8)5(11)10-6(9)12/h4H,1-3H3,(H3,9,10,11,12). The Bertz CT molecular complexity index is 198. The van der Waals surface area contributed by atoms with E-state index in [0.29, 0.717) is 0 Å². The van der Waals surface area contributed by atoms with Gasteiger partial charge in [-0.15, -0.1) is 0 Å². The first-order valence-electron chi connectivity index (χ1n) is 3.49. The van der Waals surface area contributed by atoms with Crippen LogP contribution < -0.4 is 11.1 Å². The number of carbonyl (C=O) groups is 2. The third-order valence-corrected chi connectivity index (χ3v) is 3.03. The number of imide groups is 1. The lowest BCUT2D eigenvalue weighted by Crippen LogP contribution is -2.43. The second-order valence-corrected chi connectivity index (χ2v) is 4.50. The molecular formula is C7H13BrN2O2. The molecule has 3 amide bonds. The average molecular weight is 237 g/mol. The minimum absolute atomic E-state index is 0.237. The number of hydrogen-bond acceptors (Lipinski definition) is 2. The van der Waals surface area contributed by atoms with Gasteiger partial charge in [-0.2, -0.15) is 0 Å². The number of nitrogens with two attached hydrogens (primary N) is 1. The quantitative estimate of drug-likeness (QED) is 0.667. The minimum Gasteiger partial charge on any atom is -0.351 e. The number of nitrogens with one attached hydrogen (secondary N) is 1. The molecule has 0 heterocycles. The number of alkyl halides is 1. The molecule has 0 spiro atoms. The van der Waals surface area contributed by atoms with E-state index in [1.165, 1.54) is 0 Å². The van der Waals surface area contributed by atoms with Crippen LogP contribution in [-0.4, -0.2) is 16.8 Å². The van der Waals surface area contributed by atoms with E-state index in [4.69, 9.17) is 5.73 Å². The van der Waals surface area contributed by atoms with Crippen molar-refractivity contribution in [3.8, 4) is 0 Å². The summed E-state index contributed by atoms with van der Waals surface area (Å²) in [6, 6.07) is -0.825. The largest absolute Gasteiger partial charge is 0.351 e. The van der Waals surface area contributed by atoms with Gasteiger partial charge in [0.15, 0.2) is 0 Å². The normalized spacial score (nSPS) is 13.7. The summed E-state index contributed by atoms with van der Waals surface area (Å²) in [5.74, 6) is -0.407. The molecule has 3 N–H and O–H groups in total. The van der Waals surface area contributed by atoms with Crippen molar-refractivity contribution in [2.24, 2.45) is 11.1 Å². The van der Waals surface area contributed by atoms with Crippen LogP contribution >= 0.6 is 15.9 Å². The summed E-state index contributed by atoms with van der Waals surface area (Å²) >= 11 is 3.17. The summed E-state index contributed by atoms with van der Waals surface area (Å²) in [5, 5.41) is 2.00. The number of hydrogen-bond donors (Lipinski definition) is 2. The fourth-order valence-corrected chi connectivity index (χ4v) is 0.693. The van der Waals surface area contributed by atoms with Gasteiger partial charge in [-0.3, -0.25) is 10.1 Å². The van der Waals surface area contributed by atoms with Crippen molar-refractivity contribution < 1.29 is 9.59 Å². The zero-order valence-electron chi connectivity index (χ0n) is 7.35. The van der Waals surface area contributed by atoms with Crippen LogP contribution in [0, 0.1) is 5.41 Å². The Labute approximate surface area is 80.0 Å². The monoisotopic (exact) mass is 236 g/mol. The van der Waals surface area contributed by atoms with Crippen LogP contribution in [0.5, 0.6) is 0 Å². The molecule has 0 aromatic carbocycles. The number of halogens is 1. The van der Waals surface area contributed by atoms with Crippen LogP contribution in [-0.2, 0) is 4.79 Å². The molecule has 0 fully saturated rings. The maximum Gasteiger partial charge on any atom is 0.318 e. The highest BCUT2D eigenvalue weighted by molar-refractivity contribution is 9.10. The third-order valence-electron chi connectivity index (χ3n) is 1.24. The van der Waals surface area contributed by atoms with E-state index >= 15 is 0 Å². The second-order valence-electron chi connectivity index (χ2n) is 3.58. The van der Waals surface area contributed by atoms with E-state index in [2.05, 4.69) is 15.9 Å². The third kappa shape index (κ3) is 3.71. The van der Waals surface area contributed by atoms with E-state index in [0.717, 1.165) is 0 Å². The molecule has 5 heteroatoms. The molecule has 0 aromatic rings. The van der Waals surface area contributed by atoms with Gasteiger partial charge >= 0.3 is 6.03 Å². The summed E-state index contributed by atoms with van der Waals surface area (Å²) in [6.45, 7) is 5.65. The van der Waals surface area contributed by atoms with Gasteiger partial charge in [-0.25, -0.2) is 4.79 Å². The van der Waals surface area contributed by atoms with E-state index in [1.54, 1.807) is 0 Å². The van der Waals surface area contributed by atoms with E-state index < -0.39 is 16.8 Å². The SMILES string of the molecule is CC(C)(C)C(Br)C(=O)NC(N)=O. The molecule has 0 saturated carbocycles. The van der Waals surface area contributed by atoms with Crippen LogP contribution in [0.1, 0.15) is 20.8 Å². The Kier molecular flexibility index (Phi) is 3.70. The molecule has 1 atom stereocenters. The molecule has 4 nitrogen and oxygen atoms in total. The van der Waals surface area contributed by atoms with E-state index in [9.17, 15) is 9.59 Å². The average Bonchev–Trinajstić information content (AvgIpc) is 1.82. The first kappa shape index (κ1) is 11.4. The van der Waals surface area contributed by atoms with Crippen molar-refractivity contribution in [2.45, 2.75) is 25.6 Å². The Morgan fingerprint density at radius 2 is 1.83 bits per heavy atom. The molecule has 0 aliphatic rings. The Balaban J connectivity index is 4.21. The number of carbonyl (C=O) groups excluding carboxylic acids is 2. The van der Waals surface area contributed by atoms with Crippen LogP contribution in [0.15, 0.2) is 0 Å². The zero-order chi connectivity index (χ0) is 9.94. The van der Waals surface area contributed by atoms with E-state index in [-0.39, 0.29) is 5.41 Å². The highest BCUT2D eigenvalue weighted by Gasteiger charge is 2.29. The molecule has 0 radical (unpaired) electrons. The predicted molar refractivity (Wildman–Crippen MR) is 49.9 cm³/mol. The first-order valence-corrected chi connectivity index (χ1v) is 4.41. The van der Waals surface area contributed by atoms with Crippen molar-refractivity contribution >= 4 is 27.9 Å². The number of rotatable bonds is 1. The van der Waals surface area contributed by atoms with Gasteiger partial charge in [0.05, 0.1) is 4.83 Å². The van der Waals surface area contributed by atoms with Gasteiger partial charge in [-0.05, 0) is 5.41 Å². The molecule has 0 aliphatic heterocycles. The van der Waals surface area contributed by atoms with Crippen molar-refractivity contribution in [1.29, 1.82) is 0 Å². The molecule has 0 saturated heterocycles. The Morgan fingerprint density at radius 1 is 1.42 bits per heavy atom.